The van der Waals surface area contributed by atoms with Crippen LogP contribution in [0.25, 0.3) is 22.3 Å². The van der Waals surface area contributed by atoms with Crippen molar-refractivity contribution in [2.45, 2.75) is 18.1 Å². The first kappa shape index (κ1) is 27.8. The van der Waals surface area contributed by atoms with E-state index < -0.39 is 17.2 Å². The number of amides is 1. The van der Waals surface area contributed by atoms with Crippen LogP contribution in [0.1, 0.15) is 18.5 Å². The van der Waals surface area contributed by atoms with Crippen molar-refractivity contribution in [1.82, 2.24) is 30.1 Å². The maximum absolute atomic E-state index is 15.6. The first-order valence-corrected chi connectivity index (χ1v) is 14.4. The van der Waals surface area contributed by atoms with Crippen LogP contribution in [0.5, 0.6) is 5.75 Å². The van der Waals surface area contributed by atoms with Gasteiger partial charge in [0.05, 0.1) is 34.5 Å². The average Bonchev–Trinajstić information content (AvgIpc) is 3.45. The minimum atomic E-state index is -0.501. The molecule has 0 bridgehead atoms. The zero-order chi connectivity index (χ0) is 29.4. The molecule has 1 fully saturated rings. The average molecular weight is 595 g/mol. The molecule has 1 unspecified atom stereocenters. The molecule has 0 aliphatic carbocycles. The number of piperazine rings is 1. The third-order valence-corrected chi connectivity index (χ3v) is 8.13. The van der Waals surface area contributed by atoms with Gasteiger partial charge in [0.2, 0.25) is 10.6 Å². The van der Waals surface area contributed by atoms with Crippen LogP contribution in [0.3, 0.4) is 0 Å². The molecule has 2 aliphatic heterocycles. The maximum Gasteiger partial charge on any atom is 0.250 e. The Kier molecular flexibility index (Phi) is 7.64. The van der Waals surface area contributed by atoms with E-state index in [-0.39, 0.29) is 39.5 Å². The molecule has 6 rings (SSSR count). The lowest BCUT2D eigenvalue weighted by atomic mass is 10.0. The van der Waals surface area contributed by atoms with Crippen LogP contribution in [0.15, 0.2) is 51.6 Å². The fourth-order valence-corrected chi connectivity index (χ4v) is 5.62. The van der Waals surface area contributed by atoms with Gasteiger partial charge >= 0.3 is 0 Å². The molecule has 4 heterocycles. The van der Waals surface area contributed by atoms with E-state index in [1.54, 1.807) is 6.20 Å². The molecular formula is C28H28F2N8O3S. The number of carbonyl (C=O) groups is 1. The Morgan fingerprint density at radius 1 is 1.24 bits per heavy atom. The predicted octanol–water partition coefficient (Wildman–Crippen LogP) is 3.01. The Morgan fingerprint density at radius 2 is 2.00 bits per heavy atom. The Labute approximate surface area is 243 Å². The van der Waals surface area contributed by atoms with Gasteiger partial charge in [-0.15, -0.1) is 5.10 Å². The van der Waals surface area contributed by atoms with E-state index in [2.05, 4.69) is 30.6 Å². The molecule has 42 heavy (non-hydrogen) atoms. The number of hydrazone groups is 1. The summed E-state index contributed by atoms with van der Waals surface area (Å²) in [4.78, 5) is 34.4. The molecule has 0 radical (unpaired) electrons. The van der Waals surface area contributed by atoms with E-state index in [0.29, 0.717) is 42.2 Å². The summed E-state index contributed by atoms with van der Waals surface area (Å²) in [6, 6.07) is 6.85. The Morgan fingerprint density at radius 3 is 2.76 bits per heavy atom. The van der Waals surface area contributed by atoms with Crippen LogP contribution in [0, 0.1) is 11.6 Å². The summed E-state index contributed by atoms with van der Waals surface area (Å²) >= 11 is 1.06. The molecule has 4 aromatic rings. The van der Waals surface area contributed by atoms with Crippen LogP contribution >= 0.6 is 11.8 Å². The lowest BCUT2D eigenvalue weighted by molar-refractivity contribution is -0.118. The topological polar surface area (TPSA) is 121 Å². The quantitative estimate of drug-likeness (QED) is 0.190. The molecule has 218 valence electrons. The van der Waals surface area contributed by atoms with E-state index in [4.69, 9.17) is 4.74 Å². The van der Waals surface area contributed by atoms with Crippen LogP contribution in [-0.2, 0) is 4.79 Å². The monoisotopic (exact) mass is 594 g/mol. The number of H-pyrrole nitrogens is 1. The van der Waals surface area contributed by atoms with Crippen molar-refractivity contribution >= 4 is 40.5 Å². The zero-order valence-electron chi connectivity index (χ0n) is 22.9. The highest BCUT2D eigenvalue weighted by atomic mass is 32.2. The van der Waals surface area contributed by atoms with Crippen molar-refractivity contribution in [2.75, 3.05) is 50.5 Å². The summed E-state index contributed by atoms with van der Waals surface area (Å²) in [5, 5.41) is 11.2. The number of aromatic nitrogens is 4. The summed E-state index contributed by atoms with van der Waals surface area (Å²) in [5.74, 6) is -0.685. The van der Waals surface area contributed by atoms with Gasteiger partial charge in [-0.3, -0.25) is 14.7 Å². The fourth-order valence-electron chi connectivity index (χ4n) is 5.03. The van der Waals surface area contributed by atoms with Crippen LogP contribution in [0.4, 0.5) is 14.5 Å². The number of aromatic amines is 1. The number of ether oxygens (including phenoxy) is 1. The molecule has 1 atom stereocenters. The fraction of sp³-hybridized carbons (Fsp3) is 0.321. The second-order valence-corrected chi connectivity index (χ2v) is 11.2. The van der Waals surface area contributed by atoms with E-state index in [0.717, 1.165) is 24.9 Å². The number of nitrogens with one attached hydrogen (secondary N) is 2. The summed E-state index contributed by atoms with van der Waals surface area (Å²) in [6.07, 6.45) is 3.11. The smallest absolute Gasteiger partial charge is 0.250 e. The van der Waals surface area contributed by atoms with Crippen LogP contribution in [-0.4, -0.2) is 82.4 Å². The third-order valence-electron chi connectivity index (χ3n) is 7.29. The molecule has 2 aromatic heterocycles. The van der Waals surface area contributed by atoms with Gasteiger partial charge in [0.15, 0.2) is 17.4 Å². The second-order valence-electron chi connectivity index (χ2n) is 10.3. The molecule has 2 N–H and O–H groups in total. The number of likely N-dealkylation sites (N-methyl/N-ethyl adjacent to an activating group) is 1. The van der Waals surface area contributed by atoms with Gasteiger partial charge in [-0.2, -0.15) is 5.10 Å². The molecule has 14 heteroatoms. The molecule has 2 aliphatic rings. The van der Waals surface area contributed by atoms with Gasteiger partial charge in [-0.1, -0.05) is 23.9 Å². The molecule has 1 amide bonds. The number of rotatable bonds is 7. The van der Waals surface area contributed by atoms with Crippen molar-refractivity contribution in [3.05, 3.63) is 63.9 Å². The van der Waals surface area contributed by atoms with E-state index in [1.807, 2.05) is 23.4 Å². The number of nitrogens with zero attached hydrogens (tertiary/aromatic N) is 6. The number of anilines is 1. The van der Waals surface area contributed by atoms with Crippen LogP contribution in [0.2, 0.25) is 0 Å². The van der Waals surface area contributed by atoms with Crippen molar-refractivity contribution < 1.29 is 18.3 Å². The SMILES string of the molecule is CC1COc2c(N3CCN(C)CC3)c(F)cc3c(=O)c(-c4nc(SCC(=O)N/N=C/c5ccc(F)cc5)n[nH]4)cn1c23. The Bertz CT molecular complexity index is 1730. The number of hydrogen-bond donors (Lipinski definition) is 2. The number of halogens is 2. The highest BCUT2D eigenvalue weighted by Gasteiger charge is 2.30. The normalized spacial score (nSPS) is 17.1. The van der Waals surface area contributed by atoms with Gasteiger partial charge in [-0.25, -0.2) is 19.2 Å². The first-order chi connectivity index (χ1) is 20.3. The molecular weight excluding hydrogens is 566 g/mol. The van der Waals surface area contributed by atoms with Crippen molar-refractivity contribution in [2.24, 2.45) is 5.10 Å². The van der Waals surface area contributed by atoms with E-state index in [9.17, 15) is 14.0 Å². The second kappa shape index (κ2) is 11.5. The summed E-state index contributed by atoms with van der Waals surface area (Å²) in [6.45, 7) is 5.21. The number of benzene rings is 2. The van der Waals surface area contributed by atoms with Gasteiger partial charge in [0, 0.05) is 32.4 Å². The van der Waals surface area contributed by atoms with E-state index >= 15 is 4.39 Å². The number of hydrogen-bond acceptors (Lipinski definition) is 9. The van der Waals surface area contributed by atoms with E-state index in [1.165, 1.54) is 36.5 Å². The largest absolute Gasteiger partial charge is 0.487 e. The summed E-state index contributed by atoms with van der Waals surface area (Å²) in [7, 11) is 2.03. The van der Waals surface area contributed by atoms with Crippen molar-refractivity contribution in [3.8, 4) is 17.1 Å². The zero-order valence-corrected chi connectivity index (χ0v) is 23.8. The summed E-state index contributed by atoms with van der Waals surface area (Å²) in [5.41, 5.74) is 3.82. The van der Waals surface area contributed by atoms with Crippen molar-refractivity contribution in [3.63, 3.8) is 0 Å². The highest BCUT2D eigenvalue weighted by Crippen LogP contribution is 2.42. The molecule has 1 saturated heterocycles. The number of pyridine rings is 1. The van der Waals surface area contributed by atoms with Gasteiger partial charge in [0.1, 0.15) is 18.1 Å². The lowest BCUT2D eigenvalue weighted by Gasteiger charge is -2.37. The molecule has 0 spiro atoms. The third kappa shape index (κ3) is 5.46. The summed E-state index contributed by atoms with van der Waals surface area (Å²) < 4.78 is 36.6. The van der Waals surface area contributed by atoms with Crippen LogP contribution < -0.4 is 20.5 Å². The maximum atomic E-state index is 15.6. The van der Waals surface area contributed by atoms with Gasteiger partial charge in [0.25, 0.3) is 5.91 Å². The Balaban J connectivity index is 1.23. The highest BCUT2D eigenvalue weighted by molar-refractivity contribution is 7.99. The van der Waals surface area contributed by atoms with Gasteiger partial charge < -0.3 is 19.1 Å². The van der Waals surface area contributed by atoms with Crippen molar-refractivity contribution in [1.29, 1.82) is 0 Å². The minimum Gasteiger partial charge on any atom is -0.487 e. The number of thioether (sulfide) groups is 1. The lowest BCUT2D eigenvalue weighted by Crippen LogP contribution is -2.45. The Hall–Kier alpha value is -4.30. The standard InChI is InChI=1S/C28H28F2N8O3S/c1-16-14-41-26-23-19(11-21(30)24(26)37-9-7-36(2)8-10-37)25(40)20(13-38(16)23)27-32-28(35-34-27)42-15-22(39)33-31-12-17-3-5-18(29)6-4-17/h3-6,11-13,16H,7-10,14-15H2,1-2H3,(H,33,39)(H,32,34,35)/b31-12+. The minimum absolute atomic E-state index is 0.0297. The molecule has 0 saturated carbocycles. The molecule has 2 aromatic carbocycles. The predicted molar refractivity (Wildman–Crippen MR) is 156 cm³/mol. The van der Waals surface area contributed by atoms with Gasteiger partial charge in [-0.05, 0) is 37.7 Å². The first-order valence-electron chi connectivity index (χ1n) is 13.4. The molecule has 11 nitrogen and oxygen atoms in total. The number of carbonyl (C=O) groups excluding carboxylic acids is 1.